The summed E-state index contributed by atoms with van der Waals surface area (Å²) in [6.45, 7) is 0. The lowest BCUT2D eigenvalue weighted by molar-refractivity contribution is 0.0602. The van der Waals surface area contributed by atoms with Crippen molar-refractivity contribution in [2.45, 2.75) is 0 Å². The third-order valence-corrected chi connectivity index (χ3v) is 3.72. The van der Waals surface area contributed by atoms with E-state index >= 15 is 0 Å². The summed E-state index contributed by atoms with van der Waals surface area (Å²) in [4.78, 5) is 24.4. The molecule has 0 aliphatic carbocycles. The minimum Gasteiger partial charge on any atom is -0.465 e. The molecule has 0 fully saturated rings. The number of carbonyl (C=O) groups excluding carboxylic acids is 2. The van der Waals surface area contributed by atoms with E-state index < -0.39 is 5.97 Å². The van der Waals surface area contributed by atoms with Crippen molar-refractivity contribution in [2.24, 2.45) is 7.05 Å². The molecular formula is C18H16N2O3. The summed E-state index contributed by atoms with van der Waals surface area (Å²) in [5.74, 6) is -0.753. The van der Waals surface area contributed by atoms with Crippen molar-refractivity contribution in [3.05, 3.63) is 65.9 Å². The highest BCUT2D eigenvalue weighted by Gasteiger charge is 2.17. The van der Waals surface area contributed by atoms with Gasteiger partial charge in [-0.3, -0.25) is 4.79 Å². The Morgan fingerprint density at radius 1 is 1.00 bits per heavy atom. The van der Waals surface area contributed by atoms with Gasteiger partial charge in [-0.2, -0.15) is 0 Å². The molecule has 1 heterocycles. The molecule has 116 valence electrons. The van der Waals surface area contributed by atoms with E-state index in [1.165, 1.54) is 7.11 Å². The molecule has 0 saturated carbocycles. The minimum absolute atomic E-state index is 0.266. The van der Waals surface area contributed by atoms with Crippen molar-refractivity contribution >= 4 is 28.5 Å². The third kappa shape index (κ3) is 2.68. The van der Waals surface area contributed by atoms with Gasteiger partial charge in [0.15, 0.2) is 0 Å². The molecule has 0 unspecified atom stereocenters. The smallest absolute Gasteiger partial charge is 0.339 e. The molecule has 23 heavy (non-hydrogen) atoms. The number of esters is 1. The zero-order valence-electron chi connectivity index (χ0n) is 12.9. The van der Waals surface area contributed by atoms with Crippen LogP contribution in [0.3, 0.4) is 0 Å². The predicted molar refractivity (Wildman–Crippen MR) is 88.7 cm³/mol. The fraction of sp³-hybridized carbons (Fsp3) is 0.111. The number of aryl methyl sites for hydroxylation is 1. The number of carbonyl (C=O) groups is 2. The van der Waals surface area contributed by atoms with E-state index in [1.807, 2.05) is 35.9 Å². The van der Waals surface area contributed by atoms with Crippen LogP contribution in [0.15, 0.2) is 54.7 Å². The number of nitrogens with one attached hydrogen (secondary N) is 1. The normalized spacial score (nSPS) is 10.5. The average Bonchev–Trinajstić information content (AvgIpc) is 2.92. The van der Waals surface area contributed by atoms with Crippen molar-refractivity contribution < 1.29 is 14.3 Å². The minimum atomic E-state index is -0.487. The first-order valence-electron chi connectivity index (χ1n) is 7.14. The number of hydrogen-bond donors (Lipinski definition) is 1. The second-order valence-electron chi connectivity index (χ2n) is 5.16. The van der Waals surface area contributed by atoms with Crippen molar-refractivity contribution in [3.63, 3.8) is 0 Å². The number of aromatic nitrogens is 1. The Morgan fingerprint density at radius 3 is 2.48 bits per heavy atom. The molecule has 0 aliphatic heterocycles. The van der Waals surface area contributed by atoms with Crippen LogP contribution < -0.4 is 5.32 Å². The number of nitrogens with zero attached hydrogens (tertiary/aromatic N) is 1. The number of hydrogen-bond acceptors (Lipinski definition) is 3. The van der Waals surface area contributed by atoms with E-state index in [2.05, 4.69) is 5.32 Å². The number of methoxy groups -OCH3 is 1. The number of rotatable bonds is 3. The van der Waals surface area contributed by atoms with E-state index in [0.29, 0.717) is 16.8 Å². The molecular weight excluding hydrogens is 292 g/mol. The molecule has 0 saturated heterocycles. The van der Waals surface area contributed by atoms with Crippen LogP contribution in [-0.2, 0) is 11.8 Å². The molecule has 5 nitrogen and oxygen atoms in total. The Hall–Kier alpha value is -3.08. The third-order valence-electron chi connectivity index (χ3n) is 3.72. The average molecular weight is 308 g/mol. The molecule has 1 aromatic heterocycles. The Labute approximate surface area is 133 Å². The lowest BCUT2D eigenvalue weighted by Gasteiger charge is -2.09. The van der Waals surface area contributed by atoms with Gasteiger partial charge in [-0.25, -0.2) is 4.79 Å². The zero-order valence-corrected chi connectivity index (χ0v) is 12.9. The number of benzene rings is 2. The van der Waals surface area contributed by atoms with E-state index in [9.17, 15) is 9.59 Å². The molecule has 2 aromatic carbocycles. The summed E-state index contributed by atoms with van der Waals surface area (Å²) >= 11 is 0. The van der Waals surface area contributed by atoms with Gasteiger partial charge in [0.25, 0.3) is 5.91 Å². The van der Waals surface area contributed by atoms with Gasteiger partial charge in [-0.1, -0.05) is 30.3 Å². The summed E-state index contributed by atoms with van der Waals surface area (Å²) in [7, 11) is 3.20. The summed E-state index contributed by atoms with van der Waals surface area (Å²) < 4.78 is 6.64. The SMILES string of the molecule is COC(=O)c1ccccc1NC(=O)c1cn(C)c2ccccc12. The highest BCUT2D eigenvalue weighted by molar-refractivity contribution is 6.14. The second kappa shape index (κ2) is 5.96. The molecule has 1 N–H and O–H groups in total. The molecule has 0 atom stereocenters. The molecule has 1 amide bonds. The van der Waals surface area contributed by atoms with Crippen LogP contribution in [0.2, 0.25) is 0 Å². The first-order valence-corrected chi connectivity index (χ1v) is 7.14. The summed E-state index contributed by atoms with van der Waals surface area (Å²) in [6.07, 6.45) is 1.78. The Morgan fingerprint density at radius 2 is 1.70 bits per heavy atom. The van der Waals surface area contributed by atoms with Crippen LogP contribution in [0.1, 0.15) is 20.7 Å². The largest absolute Gasteiger partial charge is 0.465 e. The van der Waals surface area contributed by atoms with Gasteiger partial charge in [-0.15, -0.1) is 0 Å². The number of amides is 1. The number of fused-ring (bicyclic) bond motifs is 1. The van der Waals surface area contributed by atoms with Gasteiger partial charge < -0.3 is 14.6 Å². The van der Waals surface area contributed by atoms with Crippen LogP contribution in [0.5, 0.6) is 0 Å². The fourth-order valence-corrected chi connectivity index (χ4v) is 2.59. The molecule has 3 rings (SSSR count). The first kappa shape index (κ1) is 14.8. The van der Waals surface area contributed by atoms with Crippen LogP contribution in [0.25, 0.3) is 10.9 Å². The molecule has 0 aliphatic rings. The zero-order chi connectivity index (χ0) is 16.4. The maximum Gasteiger partial charge on any atom is 0.339 e. The first-order chi connectivity index (χ1) is 11.1. The predicted octanol–water partition coefficient (Wildman–Crippen LogP) is 3.22. The maximum atomic E-state index is 12.6. The van der Waals surface area contributed by atoms with Crippen LogP contribution >= 0.6 is 0 Å². The molecule has 0 bridgehead atoms. The summed E-state index contributed by atoms with van der Waals surface area (Å²) in [5.41, 5.74) is 2.28. The number of anilines is 1. The second-order valence-corrected chi connectivity index (χ2v) is 5.16. The quantitative estimate of drug-likeness (QED) is 0.756. The van der Waals surface area contributed by atoms with Crippen LogP contribution in [-0.4, -0.2) is 23.6 Å². The van der Waals surface area contributed by atoms with Crippen molar-refractivity contribution in [2.75, 3.05) is 12.4 Å². The van der Waals surface area contributed by atoms with Crippen LogP contribution in [0, 0.1) is 0 Å². The van der Waals surface area contributed by atoms with E-state index in [4.69, 9.17) is 4.74 Å². The molecule has 0 spiro atoms. The van der Waals surface area contributed by atoms with E-state index in [-0.39, 0.29) is 5.91 Å². The topological polar surface area (TPSA) is 60.3 Å². The standard InChI is InChI=1S/C18H16N2O3/c1-20-11-14(12-7-4-6-10-16(12)20)17(21)19-15-9-5-3-8-13(15)18(22)23-2/h3-11H,1-2H3,(H,19,21). The lowest BCUT2D eigenvalue weighted by atomic mass is 10.1. The molecule has 3 aromatic rings. The van der Waals surface area contributed by atoms with E-state index in [1.54, 1.807) is 30.5 Å². The monoisotopic (exact) mass is 308 g/mol. The number of ether oxygens (including phenoxy) is 1. The molecule has 0 radical (unpaired) electrons. The number of para-hydroxylation sites is 2. The Bertz CT molecular complexity index is 896. The van der Waals surface area contributed by atoms with Gasteiger partial charge in [0.05, 0.1) is 23.9 Å². The summed E-state index contributed by atoms with van der Waals surface area (Å²) in [5, 5.41) is 3.66. The van der Waals surface area contributed by atoms with Gasteiger partial charge >= 0.3 is 5.97 Å². The van der Waals surface area contributed by atoms with Crippen LogP contribution in [0.4, 0.5) is 5.69 Å². The lowest BCUT2D eigenvalue weighted by Crippen LogP contribution is -2.15. The highest BCUT2D eigenvalue weighted by atomic mass is 16.5. The van der Waals surface area contributed by atoms with Crippen molar-refractivity contribution in [1.82, 2.24) is 4.57 Å². The van der Waals surface area contributed by atoms with Gasteiger partial charge in [0, 0.05) is 24.1 Å². The highest BCUT2D eigenvalue weighted by Crippen LogP contribution is 2.23. The van der Waals surface area contributed by atoms with Gasteiger partial charge in [0.1, 0.15) is 0 Å². The Kier molecular flexibility index (Phi) is 3.85. The van der Waals surface area contributed by atoms with E-state index in [0.717, 1.165) is 10.9 Å². The fourth-order valence-electron chi connectivity index (χ4n) is 2.59. The maximum absolute atomic E-state index is 12.6. The Balaban J connectivity index is 1.98. The van der Waals surface area contributed by atoms with Crippen molar-refractivity contribution in [3.8, 4) is 0 Å². The molecule has 5 heteroatoms. The van der Waals surface area contributed by atoms with Gasteiger partial charge in [0.2, 0.25) is 0 Å². The summed E-state index contributed by atoms with van der Waals surface area (Å²) in [6, 6.07) is 14.4. The van der Waals surface area contributed by atoms with Crippen molar-refractivity contribution in [1.29, 1.82) is 0 Å². The van der Waals surface area contributed by atoms with Gasteiger partial charge in [-0.05, 0) is 18.2 Å².